The van der Waals surface area contributed by atoms with Crippen LogP contribution >= 0.6 is 22.7 Å². The van der Waals surface area contributed by atoms with E-state index < -0.39 is 0 Å². The summed E-state index contributed by atoms with van der Waals surface area (Å²) in [5.41, 5.74) is 2.52. The first-order valence-electron chi connectivity index (χ1n) is 6.40. The first kappa shape index (κ1) is 12.8. The minimum Gasteiger partial charge on any atom is -0.308 e. The number of thiophene rings is 1. The van der Waals surface area contributed by atoms with Crippen LogP contribution in [0.1, 0.15) is 17.5 Å². The Balaban J connectivity index is 1.59. The van der Waals surface area contributed by atoms with Crippen LogP contribution in [-0.4, -0.2) is 11.0 Å². The predicted octanol–water partition coefficient (Wildman–Crippen LogP) is 4.08. The minimum atomic E-state index is 0.474. The molecule has 0 fully saturated rings. The zero-order valence-corrected chi connectivity index (χ0v) is 12.4. The van der Waals surface area contributed by atoms with Crippen molar-refractivity contribution < 1.29 is 0 Å². The molecule has 0 bridgehead atoms. The van der Waals surface area contributed by atoms with Crippen molar-refractivity contribution in [2.75, 3.05) is 0 Å². The average Bonchev–Trinajstić information content (AvgIpc) is 3.04. The van der Waals surface area contributed by atoms with Crippen molar-refractivity contribution in [1.29, 1.82) is 0 Å². The number of hydrogen-bond acceptors (Lipinski definition) is 4. The summed E-state index contributed by atoms with van der Waals surface area (Å²) in [5.74, 6) is 0. The second kappa shape index (κ2) is 5.82. The van der Waals surface area contributed by atoms with Gasteiger partial charge in [0.2, 0.25) is 0 Å². The Hall–Kier alpha value is -1.23. The molecule has 98 valence electrons. The Kier molecular flexibility index (Phi) is 3.92. The molecule has 0 aliphatic carbocycles. The highest BCUT2D eigenvalue weighted by molar-refractivity contribution is 7.18. The zero-order chi connectivity index (χ0) is 13.1. The standard InChI is InChI=1S/C15H16N2S2/c1-11(8-12-6-7-18-10-12)16-9-15-17-13-4-2-3-5-14(13)19-15/h2-7,10-11,16H,8-9H2,1H3. The maximum absolute atomic E-state index is 4.64. The third-order valence-corrected chi connectivity index (χ3v) is 4.83. The molecule has 19 heavy (non-hydrogen) atoms. The highest BCUT2D eigenvalue weighted by atomic mass is 32.1. The molecule has 0 radical (unpaired) electrons. The summed E-state index contributed by atoms with van der Waals surface area (Å²) >= 11 is 3.54. The van der Waals surface area contributed by atoms with Crippen molar-refractivity contribution in [3.05, 3.63) is 51.7 Å². The van der Waals surface area contributed by atoms with Gasteiger partial charge in [0.25, 0.3) is 0 Å². The Morgan fingerprint density at radius 3 is 2.95 bits per heavy atom. The van der Waals surface area contributed by atoms with Crippen LogP contribution in [0.4, 0.5) is 0 Å². The first-order chi connectivity index (χ1) is 9.31. The summed E-state index contributed by atoms with van der Waals surface area (Å²) in [6, 6.07) is 11.0. The van der Waals surface area contributed by atoms with Crippen molar-refractivity contribution in [3.63, 3.8) is 0 Å². The van der Waals surface area contributed by atoms with E-state index in [1.54, 1.807) is 22.7 Å². The van der Waals surface area contributed by atoms with Gasteiger partial charge in [0.1, 0.15) is 5.01 Å². The van der Waals surface area contributed by atoms with Crippen molar-refractivity contribution in [2.45, 2.75) is 25.9 Å². The van der Waals surface area contributed by atoms with E-state index in [0.717, 1.165) is 18.5 Å². The summed E-state index contributed by atoms with van der Waals surface area (Å²) in [5, 5.41) is 9.07. The summed E-state index contributed by atoms with van der Waals surface area (Å²) in [4.78, 5) is 4.64. The highest BCUT2D eigenvalue weighted by Crippen LogP contribution is 2.21. The van der Waals surface area contributed by atoms with Crippen LogP contribution in [0, 0.1) is 0 Å². The average molecular weight is 288 g/mol. The third-order valence-electron chi connectivity index (χ3n) is 3.06. The highest BCUT2D eigenvalue weighted by Gasteiger charge is 2.06. The number of para-hydroxylation sites is 1. The molecule has 3 aromatic rings. The molecule has 1 unspecified atom stereocenters. The molecule has 0 saturated heterocycles. The third kappa shape index (κ3) is 3.21. The predicted molar refractivity (Wildman–Crippen MR) is 83.9 cm³/mol. The van der Waals surface area contributed by atoms with E-state index in [0.29, 0.717) is 6.04 Å². The normalized spacial score (nSPS) is 12.9. The molecule has 2 heterocycles. The molecule has 1 N–H and O–H groups in total. The van der Waals surface area contributed by atoms with Gasteiger partial charge in [0.15, 0.2) is 0 Å². The topological polar surface area (TPSA) is 24.9 Å². The van der Waals surface area contributed by atoms with E-state index in [4.69, 9.17) is 0 Å². The van der Waals surface area contributed by atoms with Crippen molar-refractivity contribution in [2.24, 2.45) is 0 Å². The van der Waals surface area contributed by atoms with Gasteiger partial charge in [-0.1, -0.05) is 12.1 Å². The lowest BCUT2D eigenvalue weighted by Gasteiger charge is -2.11. The molecule has 2 aromatic heterocycles. The molecule has 0 amide bonds. The fraction of sp³-hybridized carbons (Fsp3) is 0.267. The van der Waals surface area contributed by atoms with Gasteiger partial charge in [-0.15, -0.1) is 11.3 Å². The molecule has 2 nitrogen and oxygen atoms in total. The molecule has 0 aliphatic heterocycles. The van der Waals surface area contributed by atoms with Gasteiger partial charge in [-0.3, -0.25) is 0 Å². The van der Waals surface area contributed by atoms with Gasteiger partial charge in [-0.25, -0.2) is 4.98 Å². The largest absolute Gasteiger partial charge is 0.308 e. The zero-order valence-electron chi connectivity index (χ0n) is 10.8. The molecule has 0 spiro atoms. The number of rotatable bonds is 5. The number of hydrogen-bond donors (Lipinski definition) is 1. The van der Waals surface area contributed by atoms with Crippen molar-refractivity contribution in [1.82, 2.24) is 10.3 Å². The van der Waals surface area contributed by atoms with Gasteiger partial charge in [-0.2, -0.15) is 11.3 Å². The Bertz CT molecular complexity index is 610. The number of benzene rings is 1. The van der Waals surface area contributed by atoms with E-state index >= 15 is 0 Å². The Morgan fingerprint density at radius 2 is 2.16 bits per heavy atom. The van der Waals surface area contributed by atoms with E-state index in [1.807, 2.05) is 6.07 Å². The van der Waals surface area contributed by atoms with Crippen LogP contribution in [0.25, 0.3) is 10.2 Å². The molecule has 1 aromatic carbocycles. The molecular formula is C15H16N2S2. The molecule has 3 rings (SSSR count). The SMILES string of the molecule is CC(Cc1ccsc1)NCc1nc2ccccc2s1. The maximum atomic E-state index is 4.64. The number of aromatic nitrogens is 1. The van der Waals surface area contributed by atoms with Gasteiger partial charge >= 0.3 is 0 Å². The summed E-state index contributed by atoms with van der Waals surface area (Å²) in [7, 11) is 0. The quantitative estimate of drug-likeness (QED) is 0.765. The number of thiazole rings is 1. The number of nitrogens with zero attached hydrogens (tertiary/aromatic N) is 1. The lowest BCUT2D eigenvalue weighted by Crippen LogP contribution is -2.27. The van der Waals surface area contributed by atoms with Gasteiger partial charge in [-0.05, 0) is 47.9 Å². The molecule has 0 aliphatic rings. The van der Waals surface area contributed by atoms with E-state index in [2.05, 4.69) is 52.3 Å². The first-order valence-corrected chi connectivity index (χ1v) is 8.16. The molecular weight excluding hydrogens is 272 g/mol. The van der Waals surface area contributed by atoms with Crippen molar-refractivity contribution >= 4 is 32.9 Å². The lowest BCUT2D eigenvalue weighted by molar-refractivity contribution is 0.545. The smallest absolute Gasteiger partial charge is 0.108 e. The fourth-order valence-electron chi connectivity index (χ4n) is 2.09. The van der Waals surface area contributed by atoms with Crippen LogP contribution in [0.15, 0.2) is 41.1 Å². The van der Waals surface area contributed by atoms with Crippen LogP contribution in [-0.2, 0) is 13.0 Å². The monoisotopic (exact) mass is 288 g/mol. The second-order valence-electron chi connectivity index (χ2n) is 4.69. The van der Waals surface area contributed by atoms with Crippen LogP contribution < -0.4 is 5.32 Å². The lowest BCUT2D eigenvalue weighted by atomic mass is 10.1. The van der Waals surface area contributed by atoms with Crippen molar-refractivity contribution in [3.8, 4) is 0 Å². The van der Waals surface area contributed by atoms with E-state index in [1.165, 1.54) is 15.3 Å². The number of fused-ring (bicyclic) bond motifs is 1. The second-order valence-corrected chi connectivity index (χ2v) is 6.59. The fourth-order valence-corrected chi connectivity index (χ4v) is 3.69. The van der Waals surface area contributed by atoms with E-state index in [9.17, 15) is 0 Å². The summed E-state index contributed by atoms with van der Waals surface area (Å²) in [6.07, 6.45) is 1.08. The van der Waals surface area contributed by atoms with Crippen LogP contribution in [0.3, 0.4) is 0 Å². The van der Waals surface area contributed by atoms with Gasteiger partial charge in [0, 0.05) is 12.6 Å². The molecule has 1 atom stereocenters. The van der Waals surface area contributed by atoms with E-state index in [-0.39, 0.29) is 0 Å². The Labute approximate surface area is 121 Å². The Morgan fingerprint density at radius 1 is 1.26 bits per heavy atom. The molecule has 0 saturated carbocycles. The maximum Gasteiger partial charge on any atom is 0.108 e. The van der Waals surface area contributed by atoms with Crippen LogP contribution in [0.5, 0.6) is 0 Å². The van der Waals surface area contributed by atoms with Gasteiger partial charge in [0.05, 0.1) is 10.2 Å². The minimum absolute atomic E-state index is 0.474. The van der Waals surface area contributed by atoms with Crippen LogP contribution in [0.2, 0.25) is 0 Å². The van der Waals surface area contributed by atoms with Gasteiger partial charge < -0.3 is 5.32 Å². The summed E-state index contributed by atoms with van der Waals surface area (Å²) < 4.78 is 1.27. The summed E-state index contributed by atoms with van der Waals surface area (Å²) in [6.45, 7) is 3.08. The molecule has 4 heteroatoms. The number of nitrogens with one attached hydrogen (secondary N) is 1.